The summed E-state index contributed by atoms with van der Waals surface area (Å²) in [7, 11) is 4.15. The summed E-state index contributed by atoms with van der Waals surface area (Å²) in [6.45, 7) is 9.12. The van der Waals surface area contributed by atoms with Crippen LogP contribution in [-0.4, -0.2) is 84.4 Å². The molecule has 9 heteroatoms. The van der Waals surface area contributed by atoms with Crippen LogP contribution in [0.2, 0.25) is 0 Å². The van der Waals surface area contributed by atoms with Crippen molar-refractivity contribution in [2.24, 2.45) is 11.3 Å². The highest BCUT2D eigenvalue weighted by atomic mass is 32.2. The number of aliphatic carboxylic acids is 2. The highest BCUT2D eigenvalue weighted by molar-refractivity contribution is 7.98. The Hall–Kier alpha value is -2.10. The van der Waals surface area contributed by atoms with E-state index in [-0.39, 0.29) is 17.2 Å². The number of carbonyl (C=O) groups excluding carboxylic acids is 1. The van der Waals surface area contributed by atoms with Gasteiger partial charge in [0.1, 0.15) is 0 Å². The fourth-order valence-corrected chi connectivity index (χ4v) is 4.13. The number of amides is 1. The molecule has 1 aromatic carbocycles. The van der Waals surface area contributed by atoms with Crippen LogP contribution in [0.5, 0.6) is 0 Å². The third-order valence-corrected chi connectivity index (χ3v) is 5.94. The van der Waals surface area contributed by atoms with Crippen LogP contribution in [0, 0.1) is 11.3 Å². The summed E-state index contributed by atoms with van der Waals surface area (Å²) in [6.07, 6.45) is 4.03. The van der Waals surface area contributed by atoms with Crippen LogP contribution in [-0.2, 0) is 20.9 Å². The lowest BCUT2D eigenvalue weighted by Crippen LogP contribution is -2.44. The second kappa shape index (κ2) is 13.4. The molecule has 0 unspecified atom stereocenters. The van der Waals surface area contributed by atoms with Crippen molar-refractivity contribution in [3.63, 3.8) is 0 Å². The molecule has 3 N–H and O–H groups in total. The van der Waals surface area contributed by atoms with E-state index in [4.69, 9.17) is 19.8 Å². The molecule has 180 valence electrons. The van der Waals surface area contributed by atoms with Crippen LogP contribution < -0.4 is 5.32 Å². The van der Waals surface area contributed by atoms with Gasteiger partial charge in [-0.15, -0.1) is 11.8 Å². The standard InChI is InChI=1S/C21H35N3OS.C2H2O4/c1-21(2,16-23(3)4)15-22-20(25)18-10-12-24(13-11-18)14-17-6-8-19(26-5)9-7-17;3-1(4)2(5)6/h6-9,18H,10-16H2,1-5H3,(H,22,25);(H,3,4)(H,5,6). The topological polar surface area (TPSA) is 110 Å². The summed E-state index contributed by atoms with van der Waals surface area (Å²) in [5, 5.41) is 18.0. The molecule has 0 aromatic heterocycles. The fraction of sp³-hybridized carbons (Fsp3) is 0.609. The van der Waals surface area contributed by atoms with E-state index in [1.165, 1.54) is 10.5 Å². The second-order valence-corrected chi connectivity index (χ2v) is 10.0. The van der Waals surface area contributed by atoms with Gasteiger partial charge in [-0.2, -0.15) is 0 Å². The third-order valence-electron chi connectivity index (χ3n) is 5.19. The zero-order valence-electron chi connectivity index (χ0n) is 19.8. The Morgan fingerprint density at radius 1 is 1.09 bits per heavy atom. The Morgan fingerprint density at radius 3 is 2.06 bits per heavy atom. The van der Waals surface area contributed by atoms with E-state index in [1.54, 1.807) is 11.8 Å². The quantitative estimate of drug-likeness (QED) is 0.395. The number of carboxylic acids is 2. The van der Waals surface area contributed by atoms with E-state index in [9.17, 15) is 4.79 Å². The smallest absolute Gasteiger partial charge is 0.414 e. The van der Waals surface area contributed by atoms with Crippen LogP contribution in [0.1, 0.15) is 32.3 Å². The molecule has 0 atom stereocenters. The monoisotopic (exact) mass is 467 g/mol. The van der Waals surface area contributed by atoms with Gasteiger partial charge in [0.25, 0.3) is 0 Å². The first-order chi connectivity index (χ1) is 14.9. The SMILES string of the molecule is CSc1ccc(CN2CCC(C(=O)NCC(C)(C)CN(C)C)CC2)cc1.O=C(O)C(=O)O. The molecule has 2 rings (SSSR count). The van der Waals surface area contributed by atoms with Crippen LogP contribution >= 0.6 is 11.8 Å². The summed E-state index contributed by atoms with van der Waals surface area (Å²) in [5.74, 6) is -3.24. The number of nitrogens with one attached hydrogen (secondary N) is 1. The van der Waals surface area contributed by atoms with Crippen molar-refractivity contribution in [1.82, 2.24) is 15.1 Å². The molecule has 0 radical (unpaired) electrons. The van der Waals surface area contributed by atoms with Crippen molar-refractivity contribution in [3.05, 3.63) is 29.8 Å². The number of likely N-dealkylation sites (tertiary alicyclic amines) is 1. The van der Waals surface area contributed by atoms with E-state index in [0.717, 1.165) is 45.6 Å². The average molecular weight is 468 g/mol. The number of hydrogen-bond acceptors (Lipinski definition) is 6. The van der Waals surface area contributed by atoms with Crippen molar-refractivity contribution in [3.8, 4) is 0 Å². The fourth-order valence-electron chi connectivity index (χ4n) is 3.73. The van der Waals surface area contributed by atoms with Gasteiger partial charge in [-0.05, 0) is 69.4 Å². The maximum Gasteiger partial charge on any atom is 0.414 e. The normalized spacial score (nSPS) is 15.1. The first kappa shape index (κ1) is 27.9. The molecule has 0 bridgehead atoms. The first-order valence-corrected chi connectivity index (χ1v) is 11.9. The molecule has 8 nitrogen and oxygen atoms in total. The average Bonchev–Trinajstić information content (AvgIpc) is 2.72. The molecule has 1 aromatic rings. The number of nitrogens with zero attached hydrogens (tertiary/aromatic N) is 2. The van der Waals surface area contributed by atoms with Crippen molar-refractivity contribution >= 4 is 29.6 Å². The van der Waals surface area contributed by atoms with Crippen molar-refractivity contribution in [1.29, 1.82) is 0 Å². The summed E-state index contributed by atoms with van der Waals surface area (Å²) in [6, 6.07) is 8.82. The van der Waals surface area contributed by atoms with E-state index in [0.29, 0.717) is 0 Å². The Balaban J connectivity index is 0.000000751. The number of piperidine rings is 1. The van der Waals surface area contributed by atoms with E-state index >= 15 is 0 Å². The van der Waals surface area contributed by atoms with Gasteiger partial charge in [-0.3, -0.25) is 9.69 Å². The van der Waals surface area contributed by atoms with Gasteiger partial charge >= 0.3 is 11.9 Å². The second-order valence-electron chi connectivity index (χ2n) is 9.13. The summed E-state index contributed by atoms with van der Waals surface area (Å²) < 4.78 is 0. The Morgan fingerprint density at radius 2 is 1.62 bits per heavy atom. The molecule has 1 fully saturated rings. The highest BCUT2D eigenvalue weighted by Gasteiger charge is 2.27. The molecule has 1 amide bonds. The Kier molecular flexibility index (Phi) is 11.7. The van der Waals surface area contributed by atoms with Crippen LogP contribution in [0.25, 0.3) is 0 Å². The predicted octanol–water partition coefficient (Wildman–Crippen LogP) is 2.48. The van der Waals surface area contributed by atoms with Gasteiger partial charge < -0.3 is 20.4 Å². The maximum absolute atomic E-state index is 12.5. The van der Waals surface area contributed by atoms with Gasteiger partial charge in [0.15, 0.2) is 0 Å². The minimum Gasteiger partial charge on any atom is -0.473 e. The Bertz CT molecular complexity index is 733. The minimum atomic E-state index is -1.82. The summed E-state index contributed by atoms with van der Waals surface area (Å²) >= 11 is 1.78. The van der Waals surface area contributed by atoms with Gasteiger partial charge in [0.2, 0.25) is 5.91 Å². The van der Waals surface area contributed by atoms with E-state index < -0.39 is 11.9 Å². The first-order valence-electron chi connectivity index (χ1n) is 10.7. The Labute approximate surface area is 195 Å². The number of carbonyl (C=O) groups is 3. The van der Waals surface area contributed by atoms with E-state index in [2.05, 4.69) is 73.6 Å². The van der Waals surface area contributed by atoms with Gasteiger partial charge in [-0.1, -0.05) is 26.0 Å². The molecule has 0 aliphatic carbocycles. The van der Waals surface area contributed by atoms with Crippen molar-refractivity contribution in [2.45, 2.75) is 38.1 Å². The number of carboxylic acid groups (broad SMARTS) is 2. The molecule has 1 aliphatic heterocycles. The molecule has 1 aliphatic rings. The van der Waals surface area contributed by atoms with Gasteiger partial charge in [0, 0.05) is 30.4 Å². The molecule has 32 heavy (non-hydrogen) atoms. The zero-order valence-corrected chi connectivity index (χ0v) is 20.6. The lowest BCUT2D eigenvalue weighted by molar-refractivity contribution is -0.159. The number of rotatable bonds is 8. The predicted molar refractivity (Wildman–Crippen MR) is 127 cm³/mol. The van der Waals surface area contributed by atoms with Crippen molar-refractivity contribution in [2.75, 3.05) is 46.5 Å². The van der Waals surface area contributed by atoms with Crippen LogP contribution in [0.4, 0.5) is 0 Å². The molecule has 1 saturated heterocycles. The summed E-state index contributed by atoms with van der Waals surface area (Å²) in [4.78, 5) is 36.7. The van der Waals surface area contributed by atoms with E-state index in [1.807, 2.05) is 0 Å². The lowest BCUT2D eigenvalue weighted by atomic mass is 9.91. The largest absolute Gasteiger partial charge is 0.473 e. The van der Waals surface area contributed by atoms with Crippen LogP contribution in [0.15, 0.2) is 29.2 Å². The molecular weight excluding hydrogens is 430 g/mol. The molecule has 0 saturated carbocycles. The molecule has 0 spiro atoms. The minimum absolute atomic E-state index is 0.1000. The number of hydrogen-bond donors (Lipinski definition) is 3. The zero-order chi connectivity index (χ0) is 24.3. The van der Waals surface area contributed by atoms with Gasteiger partial charge in [0.05, 0.1) is 0 Å². The number of benzene rings is 1. The summed E-state index contributed by atoms with van der Waals surface area (Å²) in [5.41, 5.74) is 1.46. The van der Waals surface area contributed by atoms with Crippen LogP contribution in [0.3, 0.4) is 0 Å². The lowest BCUT2D eigenvalue weighted by Gasteiger charge is -2.33. The highest BCUT2D eigenvalue weighted by Crippen LogP contribution is 2.21. The maximum atomic E-state index is 12.5. The molecule has 1 heterocycles. The van der Waals surface area contributed by atoms with Crippen molar-refractivity contribution < 1.29 is 24.6 Å². The number of thioether (sulfide) groups is 1. The molecular formula is C23H37N3O5S. The third kappa shape index (κ3) is 11.0. The van der Waals surface area contributed by atoms with Gasteiger partial charge in [-0.25, -0.2) is 9.59 Å².